The first-order chi connectivity index (χ1) is 7.63. The highest BCUT2D eigenvalue weighted by Crippen LogP contribution is 2.16. The van der Waals surface area contributed by atoms with E-state index in [4.69, 9.17) is 14.9 Å². The fourth-order valence-corrected chi connectivity index (χ4v) is 1.62. The molecule has 2 atom stereocenters. The highest BCUT2D eigenvalue weighted by molar-refractivity contribution is 5.83. The van der Waals surface area contributed by atoms with E-state index in [1.54, 1.807) is 0 Å². The van der Waals surface area contributed by atoms with Crippen LogP contribution in [0.25, 0.3) is 0 Å². The summed E-state index contributed by atoms with van der Waals surface area (Å²) in [5, 5.41) is 19.6. The summed E-state index contributed by atoms with van der Waals surface area (Å²) in [5.41, 5.74) is 0. The molecule has 1 fully saturated rings. The number of carbonyl (C=O) groups is 2. The quantitative estimate of drug-likeness (QED) is 0.573. The lowest BCUT2D eigenvalue weighted by Crippen LogP contribution is -2.43. The molecule has 1 unspecified atom stereocenters. The van der Waals surface area contributed by atoms with Gasteiger partial charge in [0.25, 0.3) is 0 Å². The van der Waals surface area contributed by atoms with Crippen LogP contribution in [0, 0.1) is 0 Å². The van der Waals surface area contributed by atoms with Gasteiger partial charge in [0.15, 0.2) is 0 Å². The second-order valence-corrected chi connectivity index (χ2v) is 3.81. The fourth-order valence-electron chi connectivity index (χ4n) is 1.62. The molecule has 1 aliphatic heterocycles. The molecular weight excluding hydrogens is 214 g/mol. The zero-order valence-electron chi connectivity index (χ0n) is 9.02. The number of aliphatic carboxylic acids is 1. The van der Waals surface area contributed by atoms with Crippen LogP contribution < -0.4 is 5.32 Å². The van der Waals surface area contributed by atoms with Crippen LogP contribution in [0.1, 0.15) is 25.7 Å². The van der Waals surface area contributed by atoms with Crippen molar-refractivity contribution in [2.24, 2.45) is 0 Å². The number of hydrogen-bond acceptors (Lipinski definition) is 4. The largest absolute Gasteiger partial charge is 0.480 e. The van der Waals surface area contributed by atoms with Gasteiger partial charge in [0.1, 0.15) is 6.04 Å². The van der Waals surface area contributed by atoms with Crippen molar-refractivity contribution >= 4 is 11.9 Å². The van der Waals surface area contributed by atoms with E-state index in [0.29, 0.717) is 6.42 Å². The summed E-state index contributed by atoms with van der Waals surface area (Å²) in [5.74, 6) is -1.59. The molecule has 92 valence electrons. The highest BCUT2D eigenvalue weighted by atomic mass is 16.5. The van der Waals surface area contributed by atoms with Gasteiger partial charge in [0.2, 0.25) is 5.91 Å². The van der Waals surface area contributed by atoms with Gasteiger partial charge in [0.05, 0.1) is 12.7 Å². The molecule has 1 amide bonds. The first-order valence-electron chi connectivity index (χ1n) is 5.38. The van der Waals surface area contributed by atoms with E-state index in [9.17, 15) is 9.59 Å². The van der Waals surface area contributed by atoms with E-state index in [1.807, 2.05) is 0 Å². The number of aliphatic hydroxyl groups is 1. The second kappa shape index (κ2) is 6.44. The molecule has 6 nitrogen and oxygen atoms in total. The van der Waals surface area contributed by atoms with Gasteiger partial charge in [0, 0.05) is 13.0 Å². The van der Waals surface area contributed by atoms with Crippen LogP contribution in [0.2, 0.25) is 0 Å². The summed E-state index contributed by atoms with van der Waals surface area (Å²) in [4.78, 5) is 21.9. The van der Waals surface area contributed by atoms with Crippen molar-refractivity contribution in [2.75, 3.05) is 13.2 Å². The van der Waals surface area contributed by atoms with Crippen LogP contribution in [-0.2, 0) is 14.3 Å². The van der Waals surface area contributed by atoms with E-state index < -0.39 is 18.6 Å². The first-order valence-corrected chi connectivity index (χ1v) is 5.38. The number of carboxylic acids is 1. The number of nitrogens with one attached hydrogen (secondary N) is 1. The molecule has 0 aliphatic carbocycles. The van der Waals surface area contributed by atoms with E-state index in [-0.39, 0.29) is 18.4 Å². The van der Waals surface area contributed by atoms with E-state index in [2.05, 4.69) is 5.32 Å². The number of aliphatic hydroxyl groups excluding tert-OH is 1. The number of hydrogen-bond donors (Lipinski definition) is 3. The van der Waals surface area contributed by atoms with E-state index in [0.717, 1.165) is 19.4 Å². The second-order valence-electron chi connectivity index (χ2n) is 3.81. The van der Waals surface area contributed by atoms with Gasteiger partial charge in [-0.15, -0.1) is 0 Å². The molecule has 0 saturated carbocycles. The first kappa shape index (κ1) is 12.9. The van der Waals surface area contributed by atoms with E-state index >= 15 is 0 Å². The Morgan fingerprint density at radius 2 is 2.25 bits per heavy atom. The summed E-state index contributed by atoms with van der Waals surface area (Å²) in [6.45, 7) is 0.141. The highest BCUT2D eigenvalue weighted by Gasteiger charge is 2.20. The fraction of sp³-hybridized carbons (Fsp3) is 0.800. The SMILES string of the molecule is O=C(CCC1CCCO1)N[C@H](CO)C(=O)O. The zero-order chi connectivity index (χ0) is 12.0. The molecule has 16 heavy (non-hydrogen) atoms. The lowest BCUT2D eigenvalue weighted by Gasteiger charge is -2.13. The number of ether oxygens (including phenoxy) is 1. The van der Waals surface area contributed by atoms with Gasteiger partial charge in [-0.3, -0.25) is 4.79 Å². The van der Waals surface area contributed by atoms with Gasteiger partial charge in [-0.2, -0.15) is 0 Å². The average molecular weight is 231 g/mol. The smallest absolute Gasteiger partial charge is 0.328 e. The Kier molecular flexibility index (Phi) is 5.21. The molecule has 3 N–H and O–H groups in total. The molecular formula is C10H17NO5. The van der Waals surface area contributed by atoms with Gasteiger partial charge in [-0.25, -0.2) is 4.79 Å². The number of amides is 1. The number of carboxylic acid groups (broad SMARTS) is 1. The lowest BCUT2D eigenvalue weighted by atomic mass is 10.1. The molecule has 1 aliphatic rings. The zero-order valence-corrected chi connectivity index (χ0v) is 9.02. The minimum absolute atomic E-state index is 0.114. The third-order valence-electron chi connectivity index (χ3n) is 2.53. The number of carbonyl (C=O) groups excluding carboxylic acids is 1. The third kappa shape index (κ3) is 4.16. The monoisotopic (exact) mass is 231 g/mol. The lowest BCUT2D eigenvalue weighted by molar-refractivity contribution is -0.143. The molecule has 1 saturated heterocycles. The topological polar surface area (TPSA) is 95.9 Å². The molecule has 1 rings (SSSR count). The van der Waals surface area contributed by atoms with Crippen LogP contribution in [0.5, 0.6) is 0 Å². The molecule has 0 radical (unpaired) electrons. The van der Waals surface area contributed by atoms with Crippen molar-refractivity contribution in [2.45, 2.75) is 37.8 Å². The van der Waals surface area contributed by atoms with Crippen LogP contribution in [-0.4, -0.2) is 47.4 Å². The maximum atomic E-state index is 11.3. The standard InChI is InChI=1S/C10H17NO5/c12-6-8(10(14)15)11-9(13)4-3-7-2-1-5-16-7/h7-8,12H,1-6H2,(H,11,13)(H,14,15)/t7?,8-/m1/s1. The molecule has 0 spiro atoms. The molecule has 0 aromatic carbocycles. The Balaban J connectivity index is 2.21. The normalized spacial score (nSPS) is 21.7. The Morgan fingerprint density at radius 3 is 2.75 bits per heavy atom. The van der Waals surface area contributed by atoms with Crippen LogP contribution in [0.3, 0.4) is 0 Å². The van der Waals surface area contributed by atoms with Gasteiger partial charge in [-0.1, -0.05) is 0 Å². The van der Waals surface area contributed by atoms with Crippen molar-refractivity contribution in [3.8, 4) is 0 Å². The summed E-state index contributed by atoms with van der Waals surface area (Å²) in [7, 11) is 0. The van der Waals surface area contributed by atoms with Crippen molar-refractivity contribution < 1.29 is 24.5 Å². The van der Waals surface area contributed by atoms with Crippen molar-refractivity contribution in [3.63, 3.8) is 0 Å². The third-order valence-corrected chi connectivity index (χ3v) is 2.53. The molecule has 0 bridgehead atoms. The summed E-state index contributed by atoms with van der Waals surface area (Å²) in [6, 6.07) is -1.21. The minimum Gasteiger partial charge on any atom is -0.480 e. The van der Waals surface area contributed by atoms with Gasteiger partial charge >= 0.3 is 5.97 Å². The van der Waals surface area contributed by atoms with Gasteiger partial charge < -0.3 is 20.3 Å². The van der Waals surface area contributed by atoms with Crippen molar-refractivity contribution in [1.82, 2.24) is 5.32 Å². The van der Waals surface area contributed by atoms with Crippen LogP contribution >= 0.6 is 0 Å². The predicted molar refractivity (Wildman–Crippen MR) is 54.9 cm³/mol. The van der Waals surface area contributed by atoms with Crippen LogP contribution in [0.15, 0.2) is 0 Å². The molecule has 6 heteroatoms. The predicted octanol–water partition coefficient (Wildman–Crippen LogP) is -0.493. The summed E-state index contributed by atoms with van der Waals surface area (Å²) in [6.07, 6.45) is 2.91. The van der Waals surface area contributed by atoms with Gasteiger partial charge in [-0.05, 0) is 19.3 Å². The maximum absolute atomic E-state index is 11.3. The summed E-state index contributed by atoms with van der Waals surface area (Å²) >= 11 is 0. The molecule has 0 aromatic heterocycles. The Hall–Kier alpha value is -1.14. The van der Waals surface area contributed by atoms with Crippen LogP contribution in [0.4, 0.5) is 0 Å². The minimum atomic E-state index is -1.23. The Labute approximate surface area is 93.6 Å². The van der Waals surface area contributed by atoms with Crippen molar-refractivity contribution in [1.29, 1.82) is 0 Å². The average Bonchev–Trinajstić information content (AvgIpc) is 2.75. The number of rotatable bonds is 6. The Bertz CT molecular complexity index is 250. The van der Waals surface area contributed by atoms with E-state index in [1.165, 1.54) is 0 Å². The summed E-state index contributed by atoms with van der Waals surface area (Å²) < 4.78 is 5.34. The van der Waals surface area contributed by atoms with Crippen molar-refractivity contribution in [3.05, 3.63) is 0 Å². The molecule has 0 aromatic rings. The maximum Gasteiger partial charge on any atom is 0.328 e. The molecule has 1 heterocycles. The Morgan fingerprint density at radius 1 is 1.50 bits per heavy atom.